The predicted molar refractivity (Wildman–Crippen MR) is 103 cm³/mol. The van der Waals surface area contributed by atoms with Gasteiger partial charge in [-0.1, -0.05) is 27.4 Å². The number of hydrogen-bond donors (Lipinski definition) is 1. The molecule has 0 amide bonds. The Bertz CT molecular complexity index is 481. The van der Waals surface area contributed by atoms with E-state index in [9.17, 15) is 9.67 Å². The summed E-state index contributed by atoms with van der Waals surface area (Å²) in [5.41, 5.74) is -2.07. The molecule has 0 aromatic carbocycles. The van der Waals surface area contributed by atoms with Crippen molar-refractivity contribution in [3.05, 3.63) is 12.3 Å². The van der Waals surface area contributed by atoms with Crippen molar-refractivity contribution in [1.29, 1.82) is 0 Å². The highest BCUT2D eigenvalue weighted by molar-refractivity contribution is 7.54. The summed E-state index contributed by atoms with van der Waals surface area (Å²) in [6.07, 6.45) is 0. The van der Waals surface area contributed by atoms with Gasteiger partial charge in [-0.3, -0.25) is 9.40 Å². The Morgan fingerprint density at radius 2 is 1.44 bits per heavy atom. The van der Waals surface area contributed by atoms with Crippen LogP contribution in [0.2, 0.25) is 0 Å². The minimum Gasteiger partial charge on any atom is -0.510 e. The van der Waals surface area contributed by atoms with Gasteiger partial charge in [0.15, 0.2) is 0 Å². The average Bonchev–Trinajstić information content (AvgIpc) is 2.35. The summed E-state index contributed by atoms with van der Waals surface area (Å²) >= 11 is 0. The maximum Gasteiger partial charge on any atom is 0.350 e. The molecule has 1 atom stereocenters. The monoisotopic (exact) mass is 379 g/mol. The minimum atomic E-state index is -3.53. The Morgan fingerprint density at radius 1 is 1.04 bits per heavy atom. The largest absolute Gasteiger partial charge is 0.510 e. The Kier molecular flexibility index (Phi) is 8.40. The summed E-state index contributed by atoms with van der Waals surface area (Å²) in [4.78, 5) is 6.14. The molecule has 0 heterocycles. The Balaban J connectivity index is 6.32. The molecular formula is C18H38NO5P. The molecule has 0 spiro atoms. The maximum atomic E-state index is 13.7. The van der Waals surface area contributed by atoms with Crippen molar-refractivity contribution in [2.24, 2.45) is 5.41 Å². The highest BCUT2D eigenvalue weighted by Crippen LogP contribution is 2.61. The summed E-state index contributed by atoms with van der Waals surface area (Å²) in [5, 5.41) is 11.6. The van der Waals surface area contributed by atoms with Gasteiger partial charge in [0.1, 0.15) is 17.1 Å². The van der Waals surface area contributed by atoms with Crippen LogP contribution in [0.3, 0.4) is 0 Å². The van der Waals surface area contributed by atoms with Crippen molar-refractivity contribution in [3.63, 3.8) is 0 Å². The van der Waals surface area contributed by atoms with Crippen molar-refractivity contribution < 1.29 is 23.6 Å². The highest BCUT2D eigenvalue weighted by Gasteiger charge is 2.52. The first kappa shape index (κ1) is 24.6. The number of rotatable bonds is 9. The summed E-state index contributed by atoms with van der Waals surface area (Å²) in [6, 6.07) is 0. The van der Waals surface area contributed by atoms with Crippen LogP contribution >= 0.6 is 7.60 Å². The van der Waals surface area contributed by atoms with Crippen molar-refractivity contribution in [3.8, 4) is 0 Å². The van der Waals surface area contributed by atoms with E-state index in [-0.39, 0.29) is 19.0 Å². The van der Waals surface area contributed by atoms with Crippen LogP contribution in [0, 0.1) is 5.41 Å². The topological polar surface area (TPSA) is 68.2 Å². The second-order valence-corrected chi connectivity index (χ2v) is 10.7. The van der Waals surface area contributed by atoms with E-state index in [2.05, 4.69) is 6.58 Å². The van der Waals surface area contributed by atoms with E-state index in [0.717, 1.165) is 0 Å². The first-order chi connectivity index (χ1) is 11.0. The molecule has 0 bridgehead atoms. The fourth-order valence-electron chi connectivity index (χ4n) is 2.35. The van der Waals surface area contributed by atoms with Gasteiger partial charge in [0.2, 0.25) is 0 Å². The molecule has 6 nitrogen and oxygen atoms in total. The van der Waals surface area contributed by atoms with Gasteiger partial charge in [-0.25, -0.2) is 0 Å². The molecule has 0 aliphatic rings. The number of nitrogens with zero attached hydrogens (tertiary/aromatic N) is 1. The van der Waals surface area contributed by atoms with Crippen molar-refractivity contribution in [2.45, 2.75) is 86.2 Å². The van der Waals surface area contributed by atoms with E-state index < -0.39 is 29.9 Å². The molecule has 1 unspecified atom stereocenters. The summed E-state index contributed by atoms with van der Waals surface area (Å²) in [5.74, 6) is -0.796. The average molecular weight is 379 g/mol. The summed E-state index contributed by atoms with van der Waals surface area (Å²) in [6.45, 7) is 22.8. The molecule has 0 fully saturated rings. The lowest BCUT2D eigenvalue weighted by molar-refractivity contribution is -0.289. The number of hydroxylamine groups is 2. The molecule has 0 aliphatic heterocycles. The zero-order chi connectivity index (χ0) is 20.3. The van der Waals surface area contributed by atoms with Crippen LogP contribution in [0.4, 0.5) is 0 Å². The molecule has 0 saturated carbocycles. The Labute approximate surface area is 154 Å². The van der Waals surface area contributed by atoms with Gasteiger partial charge >= 0.3 is 7.60 Å². The number of aliphatic hydroxyl groups is 1. The highest BCUT2D eigenvalue weighted by atomic mass is 31.2. The normalized spacial score (nSPS) is 15.5. The van der Waals surface area contributed by atoms with Gasteiger partial charge in [0.25, 0.3) is 0 Å². The van der Waals surface area contributed by atoms with E-state index >= 15 is 0 Å². The second-order valence-electron chi connectivity index (χ2n) is 8.66. The zero-order valence-electron chi connectivity index (χ0n) is 17.7. The standard InChI is InChI=1S/C18H38NO5P/c1-12-22-25(21,23-13-2)15(16(4,5)6)19(17(7,8)9)24-18(10,11)14(3)20/h15,20H,3,12-13H2,1-2,4-11H3. The van der Waals surface area contributed by atoms with Gasteiger partial charge in [-0.15, -0.1) is 0 Å². The predicted octanol–water partition coefficient (Wildman–Crippen LogP) is 5.51. The Hall–Kier alpha value is -0.390. The van der Waals surface area contributed by atoms with Gasteiger partial charge in [0, 0.05) is 5.54 Å². The summed E-state index contributed by atoms with van der Waals surface area (Å²) in [7, 11) is -3.53. The quantitative estimate of drug-likeness (QED) is 0.324. The lowest BCUT2D eigenvalue weighted by atomic mass is 9.94. The fraction of sp³-hybridized carbons (Fsp3) is 0.889. The zero-order valence-corrected chi connectivity index (χ0v) is 18.6. The minimum absolute atomic E-state index is 0.114. The van der Waals surface area contributed by atoms with Crippen LogP contribution in [0.5, 0.6) is 0 Å². The molecule has 0 saturated heterocycles. The lowest BCUT2D eigenvalue weighted by Gasteiger charge is -2.49. The third-order valence-electron chi connectivity index (χ3n) is 3.60. The first-order valence-corrected chi connectivity index (χ1v) is 10.4. The molecule has 0 aromatic heterocycles. The van der Waals surface area contributed by atoms with Crippen LogP contribution in [-0.2, 0) is 18.5 Å². The molecule has 150 valence electrons. The Morgan fingerprint density at radius 3 is 1.68 bits per heavy atom. The van der Waals surface area contributed by atoms with Crippen molar-refractivity contribution in [2.75, 3.05) is 13.2 Å². The molecule has 0 aliphatic carbocycles. The molecule has 0 rings (SSSR count). The maximum absolute atomic E-state index is 13.7. The molecule has 0 aromatic rings. The molecule has 25 heavy (non-hydrogen) atoms. The van der Waals surface area contributed by atoms with Crippen LogP contribution < -0.4 is 0 Å². The van der Waals surface area contributed by atoms with Gasteiger partial charge < -0.3 is 14.2 Å². The van der Waals surface area contributed by atoms with E-state index in [0.29, 0.717) is 0 Å². The fourth-order valence-corrected chi connectivity index (χ4v) is 5.02. The molecule has 1 N–H and O–H groups in total. The van der Waals surface area contributed by atoms with Crippen molar-refractivity contribution >= 4 is 7.60 Å². The van der Waals surface area contributed by atoms with Crippen LogP contribution in [-0.4, -0.2) is 40.3 Å². The molecule has 7 heteroatoms. The van der Waals surface area contributed by atoms with Crippen LogP contribution in [0.15, 0.2) is 12.3 Å². The number of hydrogen-bond acceptors (Lipinski definition) is 6. The van der Waals surface area contributed by atoms with Gasteiger partial charge in [-0.05, 0) is 53.9 Å². The SMILES string of the molecule is C=C(O)C(C)(C)ON(C(C(C)(C)C)P(=O)(OCC)OCC)C(C)(C)C. The van der Waals surface area contributed by atoms with E-state index in [1.807, 2.05) is 41.5 Å². The van der Waals surface area contributed by atoms with E-state index in [1.54, 1.807) is 32.8 Å². The van der Waals surface area contributed by atoms with Crippen molar-refractivity contribution in [1.82, 2.24) is 5.06 Å². The van der Waals surface area contributed by atoms with Gasteiger partial charge in [0.05, 0.1) is 13.2 Å². The third kappa shape index (κ3) is 6.69. The smallest absolute Gasteiger partial charge is 0.350 e. The molecule has 0 radical (unpaired) electrons. The number of aliphatic hydroxyl groups excluding tert-OH is 1. The van der Waals surface area contributed by atoms with Gasteiger partial charge in [-0.2, -0.15) is 5.06 Å². The third-order valence-corrected chi connectivity index (χ3v) is 6.42. The lowest BCUT2D eigenvalue weighted by Crippen LogP contribution is -2.56. The molecular weight excluding hydrogens is 341 g/mol. The van der Waals surface area contributed by atoms with Crippen LogP contribution in [0.25, 0.3) is 0 Å². The second kappa shape index (κ2) is 8.53. The van der Waals surface area contributed by atoms with E-state index in [1.165, 1.54) is 0 Å². The van der Waals surface area contributed by atoms with E-state index in [4.69, 9.17) is 13.9 Å². The van der Waals surface area contributed by atoms with Crippen LogP contribution in [0.1, 0.15) is 69.2 Å². The summed E-state index contributed by atoms with van der Waals surface area (Å²) < 4.78 is 24.9. The first-order valence-electron chi connectivity index (χ1n) is 8.78.